The van der Waals surface area contributed by atoms with Gasteiger partial charge in [-0.05, 0) is 36.2 Å². The number of nitrogens with one attached hydrogen (secondary N) is 1. The predicted molar refractivity (Wildman–Crippen MR) is 110 cm³/mol. The second-order valence-electron chi connectivity index (χ2n) is 7.95. The van der Waals surface area contributed by atoms with Crippen molar-refractivity contribution in [3.05, 3.63) is 65.5 Å². The number of aromatic nitrogens is 2. The number of piperidine rings is 1. The number of halogens is 2. The number of carbonyl (C=O) groups is 3. The van der Waals surface area contributed by atoms with Crippen molar-refractivity contribution < 1.29 is 23.2 Å². The summed E-state index contributed by atoms with van der Waals surface area (Å²) in [6.07, 6.45) is 2.01. The van der Waals surface area contributed by atoms with E-state index in [1.165, 1.54) is 17.0 Å². The highest BCUT2D eigenvalue weighted by atomic mass is 19.1. The maximum Gasteiger partial charge on any atom is 0.255 e. The first-order valence-electron chi connectivity index (χ1n) is 10.1. The van der Waals surface area contributed by atoms with E-state index in [-0.39, 0.29) is 36.8 Å². The predicted octanol–water partition coefficient (Wildman–Crippen LogP) is 2.79. The van der Waals surface area contributed by atoms with E-state index >= 15 is 0 Å². The van der Waals surface area contributed by atoms with Gasteiger partial charge in [0.2, 0.25) is 11.8 Å². The summed E-state index contributed by atoms with van der Waals surface area (Å²) < 4.78 is 29.5. The molecule has 3 amide bonds. The maximum absolute atomic E-state index is 14.5. The molecule has 9 heteroatoms. The van der Waals surface area contributed by atoms with Gasteiger partial charge in [-0.1, -0.05) is 6.07 Å². The van der Waals surface area contributed by atoms with Crippen LogP contribution in [0.4, 0.5) is 8.78 Å². The summed E-state index contributed by atoms with van der Waals surface area (Å²) in [5, 5.41) is 2.28. The van der Waals surface area contributed by atoms with Crippen LogP contribution < -0.4 is 5.32 Å². The van der Waals surface area contributed by atoms with Crippen LogP contribution in [0.1, 0.15) is 28.8 Å². The Kier molecular flexibility index (Phi) is 4.61. The van der Waals surface area contributed by atoms with Crippen LogP contribution in [0.5, 0.6) is 0 Å². The highest BCUT2D eigenvalue weighted by molar-refractivity contribution is 6.05. The van der Waals surface area contributed by atoms with Gasteiger partial charge in [0, 0.05) is 42.8 Å². The fraction of sp³-hybridized carbons (Fsp3) is 0.217. The first kappa shape index (κ1) is 20.0. The quantitative estimate of drug-likeness (QED) is 0.640. The van der Waals surface area contributed by atoms with Crippen LogP contribution in [0.25, 0.3) is 22.5 Å². The van der Waals surface area contributed by atoms with Crippen molar-refractivity contribution in [2.45, 2.75) is 25.4 Å². The highest BCUT2D eigenvalue weighted by Gasteiger charge is 2.39. The number of amides is 3. The Morgan fingerprint density at radius 2 is 1.84 bits per heavy atom. The van der Waals surface area contributed by atoms with Crippen LogP contribution in [0, 0.1) is 11.6 Å². The lowest BCUT2D eigenvalue weighted by Crippen LogP contribution is -2.52. The molecule has 0 radical (unpaired) electrons. The van der Waals surface area contributed by atoms with E-state index in [0.717, 1.165) is 6.07 Å². The minimum absolute atomic E-state index is 0.183. The van der Waals surface area contributed by atoms with Gasteiger partial charge in [-0.2, -0.15) is 0 Å². The molecule has 3 aromatic rings. The molecule has 2 aliphatic heterocycles. The van der Waals surface area contributed by atoms with Crippen molar-refractivity contribution in [1.82, 2.24) is 19.8 Å². The number of hydrogen-bond donors (Lipinski definition) is 1. The zero-order valence-corrected chi connectivity index (χ0v) is 17.1. The monoisotopic (exact) mass is 436 g/mol. The summed E-state index contributed by atoms with van der Waals surface area (Å²) in [5.41, 5.74) is 3.04. The van der Waals surface area contributed by atoms with E-state index < -0.39 is 23.6 Å². The molecule has 7 nitrogen and oxygen atoms in total. The molecule has 1 fully saturated rings. The summed E-state index contributed by atoms with van der Waals surface area (Å²) in [5.74, 6) is -2.45. The fourth-order valence-electron chi connectivity index (χ4n) is 4.36. The zero-order valence-electron chi connectivity index (χ0n) is 17.1. The van der Waals surface area contributed by atoms with Crippen molar-refractivity contribution in [2.24, 2.45) is 7.05 Å². The number of rotatable bonds is 3. The van der Waals surface area contributed by atoms with Gasteiger partial charge in [-0.15, -0.1) is 0 Å². The Labute approximate surface area is 181 Å². The van der Waals surface area contributed by atoms with Crippen LogP contribution in [-0.2, 0) is 23.2 Å². The van der Waals surface area contributed by atoms with E-state index in [9.17, 15) is 23.2 Å². The average molecular weight is 436 g/mol. The molecule has 1 aromatic heterocycles. The molecular weight excluding hydrogens is 418 g/mol. The third-order valence-corrected chi connectivity index (χ3v) is 5.92. The van der Waals surface area contributed by atoms with E-state index in [4.69, 9.17) is 0 Å². The van der Waals surface area contributed by atoms with Crippen molar-refractivity contribution in [1.29, 1.82) is 0 Å². The molecule has 1 atom stereocenters. The Morgan fingerprint density at radius 1 is 1.06 bits per heavy atom. The molecule has 1 N–H and O–H groups in total. The zero-order chi connectivity index (χ0) is 22.6. The van der Waals surface area contributed by atoms with Crippen LogP contribution in [0.2, 0.25) is 0 Å². The van der Waals surface area contributed by atoms with Crippen LogP contribution in [0.15, 0.2) is 42.7 Å². The van der Waals surface area contributed by atoms with Gasteiger partial charge in [0.15, 0.2) is 0 Å². The summed E-state index contributed by atoms with van der Waals surface area (Å²) in [6.45, 7) is 0.224. The van der Waals surface area contributed by atoms with Gasteiger partial charge in [0.05, 0.1) is 17.7 Å². The van der Waals surface area contributed by atoms with Crippen molar-refractivity contribution in [2.75, 3.05) is 0 Å². The lowest BCUT2D eigenvalue weighted by Gasteiger charge is -2.29. The highest BCUT2D eigenvalue weighted by Crippen LogP contribution is 2.35. The molecule has 2 aliphatic rings. The summed E-state index contributed by atoms with van der Waals surface area (Å²) in [6, 6.07) is 7.87. The van der Waals surface area contributed by atoms with Crippen LogP contribution >= 0.6 is 0 Å². The number of benzene rings is 2. The second-order valence-corrected chi connectivity index (χ2v) is 7.95. The number of fused-ring (bicyclic) bond motifs is 1. The first-order valence-corrected chi connectivity index (χ1v) is 10.1. The fourth-order valence-corrected chi connectivity index (χ4v) is 4.36. The standard InChI is InChI=1S/C23H18F2N4O3/c1-28-11-26-20(21(28)16-5-3-14(24)9-17(16)25)12-2-4-15-13(8-12)10-29(23(15)32)18-6-7-19(30)27-22(18)31/h2-5,8-9,11,18H,6-7,10H2,1H3,(H,27,30,31). The number of imide groups is 1. The van der Waals surface area contributed by atoms with Gasteiger partial charge in [-0.3, -0.25) is 19.7 Å². The molecule has 3 heterocycles. The lowest BCUT2D eigenvalue weighted by molar-refractivity contribution is -0.136. The summed E-state index contributed by atoms with van der Waals surface area (Å²) in [4.78, 5) is 42.4. The van der Waals surface area contributed by atoms with Gasteiger partial charge < -0.3 is 9.47 Å². The largest absolute Gasteiger partial charge is 0.333 e. The number of carbonyl (C=O) groups excluding carboxylic acids is 3. The smallest absolute Gasteiger partial charge is 0.255 e. The minimum atomic E-state index is -0.699. The normalized spacial score (nSPS) is 18.2. The molecule has 1 unspecified atom stereocenters. The van der Waals surface area contributed by atoms with E-state index in [1.54, 1.807) is 36.1 Å². The van der Waals surface area contributed by atoms with E-state index in [1.807, 2.05) is 0 Å². The topological polar surface area (TPSA) is 84.3 Å². The molecule has 1 saturated heterocycles. The Bertz CT molecular complexity index is 1300. The van der Waals surface area contributed by atoms with Gasteiger partial charge in [-0.25, -0.2) is 13.8 Å². The van der Waals surface area contributed by atoms with Crippen LogP contribution in [0.3, 0.4) is 0 Å². The maximum atomic E-state index is 14.5. The van der Waals surface area contributed by atoms with Crippen molar-refractivity contribution in [3.63, 3.8) is 0 Å². The summed E-state index contributed by atoms with van der Waals surface area (Å²) in [7, 11) is 1.72. The number of nitrogens with zero attached hydrogens (tertiary/aromatic N) is 3. The molecule has 0 spiro atoms. The van der Waals surface area contributed by atoms with Crippen molar-refractivity contribution in [3.8, 4) is 22.5 Å². The number of aryl methyl sites for hydroxylation is 1. The molecule has 162 valence electrons. The molecule has 32 heavy (non-hydrogen) atoms. The minimum Gasteiger partial charge on any atom is -0.333 e. The number of imidazole rings is 1. The Hall–Kier alpha value is -3.88. The average Bonchev–Trinajstić information content (AvgIpc) is 3.28. The molecule has 5 rings (SSSR count). The Balaban J connectivity index is 1.51. The lowest BCUT2D eigenvalue weighted by atomic mass is 10.0. The molecule has 0 bridgehead atoms. The number of hydrogen-bond acceptors (Lipinski definition) is 4. The van der Waals surface area contributed by atoms with Crippen LogP contribution in [-0.4, -0.2) is 38.2 Å². The Morgan fingerprint density at radius 3 is 2.59 bits per heavy atom. The molecule has 2 aromatic carbocycles. The van der Waals surface area contributed by atoms with Gasteiger partial charge in [0.1, 0.15) is 17.7 Å². The third-order valence-electron chi connectivity index (χ3n) is 5.92. The molecule has 0 saturated carbocycles. The van der Waals surface area contributed by atoms with Gasteiger partial charge in [0.25, 0.3) is 5.91 Å². The first-order chi connectivity index (χ1) is 15.3. The van der Waals surface area contributed by atoms with E-state index in [2.05, 4.69) is 10.3 Å². The molecule has 0 aliphatic carbocycles. The summed E-state index contributed by atoms with van der Waals surface area (Å²) >= 11 is 0. The second kappa shape index (κ2) is 7.37. The third kappa shape index (κ3) is 3.17. The molecular formula is C23H18F2N4O3. The van der Waals surface area contributed by atoms with Gasteiger partial charge >= 0.3 is 0 Å². The SMILES string of the molecule is Cn1cnc(-c2ccc3c(c2)CN(C2CCC(=O)NC2=O)C3=O)c1-c1ccc(F)cc1F. The van der Waals surface area contributed by atoms with Crippen molar-refractivity contribution >= 4 is 17.7 Å². The van der Waals surface area contributed by atoms with E-state index in [0.29, 0.717) is 28.1 Å².